The lowest BCUT2D eigenvalue weighted by Gasteiger charge is -2.08. The standard InChI is InChI=1S/C15H14BrN5/c1-9-8-12(4-5-13(9)16)21-15(18-19-20-21)11-3-6-14(17)10(2)7-11/h3-8H,17H2,1-2H3. The second-order valence-corrected chi connectivity index (χ2v) is 5.77. The molecule has 2 N–H and O–H groups in total. The Kier molecular flexibility index (Phi) is 3.47. The number of hydrogen-bond acceptors (Lipinski definition) is 4. The van der Waals surface area contributed by atoms with Gasteiger partial charge in [0, 0.05) is 15.7 Å². The minimum atomic E-state index is 0.694. The maximum absolute atomic E-state index is 5.86. The molecule has 3 aromatic rings. The Morgan fingerprint density at radius 2 is 1.86 bits per heavy atom. The van der Waals surface area contributed by atoms with Gasteiger partial charge in [-0.15, -0.1) is 5.10 Å². The molecule has 0 unspecified atom stereocenters. The van der Waals surface area contributed by atoms with Crippen molar-refractivity contribution >= 4 is 21.6 Å². The van der Waals surface area contributed by atoms with Crippen LogP contribution in [0.3, 0.4) is 0 Å². The number of nitrogens with zero attached hydrogens (tertiary/aromatic N) is 4. The average molecular weight is 344 g/mol. The zero-order valence-electron chi connectivity index (χ0n) is 11.7. The van der Waals surface area contributed by atoms with Crippen LogP contribution in [-0.4, -0.2) is 20.2 Å². The predicted octanol–water partition coefficient (Wildman–Crippen LogP) is 3.29. The van der Waals surface area contributed by atoms with Crippen molar-refractivity contribution in [3.63, 3.8) is 0 Å². The van der Waals surface area contributed by atoms with E-state index in [0.29, 0.717) is 5.82 Å². The first-order valence-electron chi connectivity index (χ1n) is 6.47. The molecule has 3 rings (SSSR count). The molecule has 1 heterocycles. The molecule has 5 nitrogen and oxygen atoms in total. The van der Waals surface area contributed by atoms with Gasteiger partial charge in [0.2, 0.25) is 0 Å². The normalized spacial score (nSPS) is 10.8. The van der Waals surface area contributed by atoms with E-state index in [-0.39, 0.29) is 0 Å². The topological polar surface area (TPSA) is 69.6 Å². The van der Waals surface area contributed by atoms with Gasteiger partial charge < -0.3 is 5.73 Å². The minimum absolute atomic E-state index is 0.694. The molecule has 0 aliphatic heterocycles. The predicted molar refractivity (Wildman–Crippen MR) is 86.2 cm³/mol. The van der Waals surface area contributed by atoms with Crippen molar-refractivity contribution < 1.29 is 0 Å². The van der Waals surface area contributed by atoms with E-state index in [0.717, 1.165) is 32.5 Å². The van der Waals surface area contributed by atoms with Crippen LogP contribution in [0.15, 0.2) is 40.9 Å². The first kappa shape index (κ1) is 13.8. The van der Waals surface area contributed by atoms with Crippen LogP contribution in [0.2, 0.25) is 0 Å². The molecule has 0 fully saturated rings. The summed E-state index contributed by atoms with van der Waals surface area (Å²) in [6, 6.07) is 11.8. The number of aromatic nitrogens is 4. The number of hydrogen-bond donors (Lipinski definition) is 1. The Labute approximate surface area is 130 Å². The molecule has 0 radical (unpaired) electrons. The Balaban J connectivity index is 2.12. The van der Waals surface area contributed by atoms with Crippen LogP contribution in [-0.2, 0) is 0 Å². The molecule has 6 heteroatoms. The lowest BCUT2D eigenvalue weighted by Crippen LogP contribution is -2.01. The molecular formula is C15H14BrN5. The molecule has 0 bridgehead atoms. The fourth-order valence-corrected chi connectivity index (χ4v) is 2.36. The number of anilines is 1. The van der Waals surface area contributed by atoms with Crippen LogP contribution in [0, 0.1) is 13.8 Å². The number of halogens is 1. The van der Waals surface area contributed by atoms with Gasteiger partial charge in [-0.2, -0.15) is 4.68 Å². The van der Waals surface area contributed by atoms with Crippen LogP contribution >= 0.6 is 15.9 Å². The Hall–Kier alpha value is -2.21. The lowest BCUT2D eigenvalue weighted by atomic mass is 10.1. The van der Waals surface area contributed by atoms with E-state index in [9.17, 15) is 0 Å². The van der Waals surface area contributed by atoms with E-state index in [1.807, 2.05) is 50.2 Å². The second-order valence-electron chi connectivity index (χ2n) is 4.92. The third kappa shape index (κ3) is 2.54. The largest absolute Gasteiger partial charge is 0.399 e. The van der Waals surface area contributed by atoms with Gasteiger partial charge in [-0.1, -0.05) is 15.9 Å². The summed E-state index contributed by atoms with van der Waals surface area (Å²) in [7, 11) is 0. The highest BCUT2D eigenvalue weighted by molar-refractivity contribution is 9.10. The van der Waals surface area contributed by atoms with Gasteiger partial charge in [-0.25, -0.2) is 0 Å². The number of nitrogen functional groups attached to an aromatic ring is 1. The fourth-order valence-electron chi connectivity index (χ4n) is 2.12. The van der Waals surface area contributed by atoms with E-state index in [2.05, 4.69) is 31.5 Å². The molecule has 2 aromatic carbocycles. The summed E-state index contributed by atoms with van der Waals surface area (Å²) < 4.78 is 2.79. The minimum Gasteiger partial charge on any atom is -0.399 e. The van der Waals surface area contributed by atoms with Crippen molar-refractivity contribution in [2.75, 3.05) is 5.73 Å². The SMILES string of the molecule is Cc1cc(-c2nnnn2-c2ccc(Br)c(C)c2)ccc1N. The van der Waals surface area contributed by atoms with Crippen molar-refractivity contribution in [3.05, 3.63) is 52.0 Å². The number of rotatable bonds is 2. The molecule has 0 aliphatic carbocycles. The highest BCUT2D eigenvalue weighted by Gasteiger charge is 2.12. The summed E-state index contributed by atoms with van der Waals surface area (Å²) in [5, 5.41) is 12.0. The number of aryl methyl sites for hydroxylation is 2. The molecule has 21 heavy (non-hydrogen) atoms. The van der Waals surface area contributed by atoms with Gasteiger partial charge in [0.05, 0.1) is 5.69 Å². The molecular weight excluding hydrogens is 330 g/mol. The molecule has 106 valence electrons. The molecule has 1 aromatic heterocycles. The first-order valence-corrected chi connectivity index (χ1v) is 7.27. The van der Waals surface area contributed by atoms with Gasteiger partial charge in [0.1, 0.15) is 0 Å². The van der Waals surface area contributed by atoms with Crippen LogP contribution in [0.5, 0.6) is 0 Å². The lowest BCUT2D eigenvalue weighted by molar-refractivity contribution is 0.790. The van der Waals surface area contributed by atoms with Crippen molar-refractivity contribution in [2.24, 2.45) is 0 Å². The number of benzene rings is 2. The third-order valence-electron chi connectivity index (χ3n) is 3.38. The van der Waals surface area contributed by atoms with E-state index < -0.39 is 0 Å². The molecule has 0 saturated heterocycles. The molecule has 0 atom stereocenters. The van der Waals surface area contributed by atoms with Gasteiger partial charge >= 0.3 is 0 Å². The second kappa shape index (κ2) is 5.29. The van der Waals surface area contributed by atoms with Gasteiger partial charge in [-0.05, 0) is 71.8 Å². The van der Waals surface area contributed by atoms with Crippen LogP contribution in [0.25, 0.3) is 17.1 Å². The molecule has 0 amide bonds. The Bertz CT molecular complexity index is 744. The van der Waals surface area contributed by atoms with E-state index >= 15 is 0 Å². The number of nitrogens with two attached hydrogens (primary N) is 1. The maximum Gasteiger partial charge on any atom is 0.187 e. The van der Waals surface area contributed by atoms with Crippen molar-refractivity contribution in [3.8, 4) is 17.1 Å². The average Bonchev–Trinajstić information content (AvgIpc) is 2.94. The van der Waals surface area contributed by atoms with Crippen molar-refractivity contribution in [1.82, 2.24) is 20.2 Å². The number of tetrazole rings is 1. The van der Waals surface area contributed by atoms with Crippen LogP contribution in [0.4, 0.5) is 5.69 Å². The fraction of sp³-hybridized carbons (Fsp3) is 0.133. The first-order chi connectivity index (χ1) is 10.1. The van der Waals surface area contributed by atoms with E-state index in [1.165, 1.54) is 0 Å². The highest BCUT2D eigenvalue weighted by Crippen LogP contribution is 2.25. The summed E-state index contributed by atoms with van der Waals surface area (Å²) in [5.41, 5.74) is 10.6. The molecule has 0 spiro atoms. The summed E-state index contributed by atoms with van der Waals surface area (Å²) in [6.07, 6.45) is 0. The Morgan fingerprint density at radius 3 is 2.57 bits per heavy atom. The Morgan fingerprint density at radius 1 is 1.05 bits per heavy atom. The van der Waals surface area contributed by atoms with Crippen LogP contribution in [0.1, 0.15) is 11.1 Å². The van der Waals surface area contributed by atoms with Gasteiger partial charge in [0.25, 0.3) is 0 Å². The molecule has 0 aliphatic rings. The van der Waals surface area contributed by atoms with Crippen LogP contribution < -0.4 is 5.73 Å². The van der Waals surface area contributed by atoms with Gasteiger partial charge in [-0.3, -0.25) is 0 Å². The van der Waals surface area contributed by atoms with E-state index in [1.54, 1.807) is 4.68 Å². The van der Waals surface area contributed by atoms with E-state index in [4.69, 9.17) is 5.73 Å². The maximum atomic E-state index is 5.86. The third-order valence-corrected chi connectivity index (χ3v) is 4.27. The zero-order chi connectivity index (χ0) is 15.0. The quantitative estimate of drug-likeness (QED) is 0.725. The van der Waals surface area contributed by atoms with Crippen molar-refractivity contribution in [2.45, 2.75) is 13.8 Å². The van der Waals surface area contributed by atoms with Gasteiger partial charge in [0.15, 0.2) is 5.82 Å². The van der Waals surface area contributed by atoms with Crippen molar-refractivity contribution in [1.29, 1.82) is 0 Å². The highest BCUT2D eigenvalue weighted by atomic mass is 79.9. The summed E-state index contributed by atoms with van der Waals surface area (Å²) in [6.45, 7) is 4.00. The summed E-state index contributed by atoms with van der Waals surface area (Å²) >= 11 is 3.50. The summed E-state index contributed by atoms with van der Waals surface area (Å²) in [4.78, 5) is 0. The summed E-state index contributed by atoms with van der Waals surface area (Å²) in [5.74, 6) is 0.694. The monoisotopic (exact) mass is 343 g/mol. The smallest absolute Gasteiger partial charge is 0.187 e. The zero-order valence-corrected chi connectivity index (χ0v) is 13.3. The molecule has 0 saturated carbocycles.